The van der Waals surface area contributed by atoms with Crippen LogP contribution in [0.2, 0.25) is 0 Å². The standard InChI is InChI=1S/C18H31NO/c1-14(2)12-19-13-18(4,5)10-9-16-7-8-17(20-6)15(3)11-16/h7-8,11,14,19H,9-10,12-13H2,1-6H3. The molecule has 1 aromatic carbocycles. The number of aryl methyl sites for hydroxylation is 2. The van der Waals surface area contributed by atoms with Crippen molar-refractivity contribution in [2.75, 3.05) is 20.2 Å². The molecule has 0 saturated carbocycles. The molecule has 0 heterocycles. The van der Waals surface area contributed by atoms with Crippen molar-refractivity contribution in [3.63, 3.8) is 0 Å². The van der Waals surface area contributed by atoms with E-state index in [1.54, 1.807) is 7.11 Å². The molecule has 0 aliphatic heterocycles. The summed E-state index contributed by atoms with van der Waals surface area (Å²) in [6.07, 6.45) is 2.32. The monoisotopic (exact) mass is 277 g/mol. The summed E-state index contributed by atoms with van der Waals surface area (Å²) in [5.41, 5.74) is 2.96. The molecular formula is C18H31NO. The van der Waals surface area contributed by atoms with E-state index in [0.717, 1.165) is 31.2 Å². The molecule has 1 aromatic rings. The number of benzene rings is 1. The van der Waals surface area contributed by atoms with Gasteiger partial charge in [-0.2, -0.15) is 0 Å². The fraction of sp³-hybridized carbons (Fsp3) is 0.667. The van der Waals surface area contributed by atoms with E-state index in [9.17, 15) is 0 Å². The Balaban J connectivity index is 2.46. The fourth-order valence-corrected chi connectivity index (χ4v) is 2.37. The minimum atomic E-state index is 0.336. The van der Waals surface area contributed by atoms with Crippen LogP contribution in [-0.2, 0) is 6.42 Å². The summed E-state index contributed by atoms with van der Waals surface area (Å²) in [6.45, 7) is 13.5. The van der Waals surface area contributed by atoms with Gasteiger partial charge in [0.2, 0.25) is 0 Å². The lowest BCUT2D eigenvalue weighted by molar-refractivity contribution is 0.308. The first kappa shape index (κ1) is 17.0. The van der Waals surface area contributed by atoms with Gasteiger partial charge in [-0.05, 0) is 54.8 Å². The molecule has 2 heteroatoms. The summed E-state index contributed by atoms with van der Waals surface area (Å²) in [7, 11) is 1.73. The molecule has 0 aliphatic rings. The first-order valence-corrected chi connectivity index (χ1v) is 7.68. The zero-order valence-electron chi connectivity index (χ0n) is 14.0. The van der Waals surface area contributed by atoms with Crippen molar-refractivity contribution in [1.82, 2.24) is 5.32 Å². The highest BCUT2D eigenvalue weighted by molar-refractivity contribution is 5.36. The van der Waals surface area contributed by atoms with Crippen molar-refractivity contribution < 1.29 is 4.74 Å². The van der Waals surface area contributed by atoms with E-state index >= 15 is 0 Å². The number of hydrogen-bond acceptors (Lipinski definition) is 2. The summed E-state index contributed by atoms with van der Waals surface area (Å²) in [6, 6.07) is 6.51. The minimum absolute atomic E-state index is 0.336. The van der Waals surface area contributed by atoms with E-state index in [-0.39, 0.29) is 0 Å². The largest absolute Gasteiger partial charge is 0.496 e. The summed E-state index contributed by atoms with van der Waals surface area (Å²) in [5.74, 6) is 1.70. The topological polar surface area (TPSA) is 21.3 Å². The van der Waals surface area contributed by atoms with Crippen LogP contribution in [0.15, 0.2) is 18.2 Å². The van der Waals surface area contributed by atoms with Crippen molar-refractivity contribution in [2.24, 2.45) is 11.3 Å². The van der Waals surface area contributed by atoms with Crippen LogP contribution in [0, 0.1) is 18.3 Å². The average molecular weight is 277 g/mol. The molecule has 0 saturated heterocycles. The Labute approximate surface area is 124 Å². The number of ether oxygens (including phenoxy) is 1. The van der Waals surface area contributed by atoms with Gasteiger partial charge in [0.05, 0.1) is 7.11 Å². The number of rotatable bonds is 8. The molecule has 2 nitrogen and oxygen atoms in total. The van der Waals surface area contributed by atoms with Gasteiger partial charge in [0.15, 0.2) is 0 Å². The number of nitrogens with one attached hydrogen (secondary N) is 1. The Bertz CT molecular complexity index is 410. The van der Waals surface area contributed by atoms with E-state index in [2.05, 4.69) is 58.1 Å². The second-order valence-corrected chi connectivity index (χ2v) is 6.99. The van der Waals surface area contributed by atoms with Gasteiger partial charge in [-0.15, -0.1) is 0 Å². The summed E-state index contributed by atoms with van der Waals surface area (Å²) < 4.78 is 5.31. The molecule has 0 spiro atoms. The molecule has 0 amide bonds. The Morgan fingerprint density at radius 2 is 1.95 bits per heavy atom. The third-order valence-electron chi connectivity index (χ3n) is 3.71. The third kappa shape index (κ3) is 5.96. The second kappa shape index (κ2) is 7.68. The molecule has 0 radical (unpaired) electrons. The van der Waals surface area contributed by atoms with Gasteiger partial charge in [0.25, 0.3) is 0 Å². The van der Waals surface area contributed by atoms with Gasteiger partial charge in [0, 0.05) is 6.54 Å². The maximum atomic E-state index is 5.31. The first-order chi connectivity index (χ1) is 9.34. The van der Waals surface area contributed by atoms with Gasteiger partial charge < -0.3 is 10.1 Å². The van der Waals surface area contributed by atoms with Crippen LogP contribution >= 0.6 is 0 Å². The molecule has 0 bridgehead atoms. The van der Waals surface area contributed by atoms with Crippen molar-refractivity contribution in [3.05, 3.63) is 29.3 Å². The molecule has 20 heavy (non-hydrogen) atoms. The van der Waals surface area contributed by atoms with Crippen LogP contribution in [-0.4, -0.2) is 20.2 Å². The molecule has 1 rings (SSSR count). The highest BCUT2D eigenvalue weighted by atomic mass is 16.5. The highest BCUT2D eigenvalue weighted by Gasteiger charge is 2.17. The molecule has 0 aliphatic carbocycles. The lowest BCUT2D eigenvalue weighted by Gasteiger charge is -2.26. The Morgan fingerprint density at radius 1 is 1.25 bits per heavy atom. The zero-order valence-corrected chi connectivity index (χ0v) is 14.0. The number of hydrogen-bond donors (Lipinski definition) is 1. The van der Waals surface area contributed by atoms with E-state index in [1.165, 1.54) is 17.5 Å². The third-order valence-corrected chi connectivity index (χ3v) is 3.71. The van der Waals surface area contributed by atoms with E-state index in [0.29, 0.717) is 5.41 Å². The lowest BCUT2D eigenvalue weighted by Crippen LogP contribution is -2.32. The van der Waals surface area contributed by atoms with Gasteiger partial charge in [-0.25, -0.2) is 0 Å². The molecule has 0 atom stereocenters. The van der Waals surface area contributed by atoms with Crippen molar-refractivity contribution in [1.29, 1.82) is 0 Å². The van der Waals surface area contributed by atoms with Crippen molar-refractivity contribution >= 4 is 0 Å². The maximum absolute atomic E-state index is 5.31. The normalized spacial score (nSPS) is 11.9. The minimum Gasteiger partial charge on any atom is -0.496 e. The summed E-state index contributed by atoms with van der Waals surface area (Å²) in [5, 5.41) is 3.57. The average Bonchev–Trinajstić information content (AvgIpc) is 2.36. The molecule has 0 aromatic heterocycles. The molecule has 1 N–H and O–H groups in total. The van der Waals surface area contributed by atoms with Crippen molar-refractivity contribution in [2.45, 2.75) is 47.5 Å². The summed E-state index contributed by atoms with van der Waals surface area (Å²) in [4.78, 5) is 0. The Hall–Kier alpha value is -1.02. The van der Waals surface area contributed by atoms with Crippen LogP contribution in [0.4, 0.5) is 0 Å². The van der Waals surface area contributed by atoms with Crippen LogP contribution in [0.3, 0.4) is 0 Å². The van der Waals surface area contributed by atoms with Crippen LogP contribution in [0.1, 0.15) is 45.2 Å². The Kier molecular flexibility index (Phi) is 6.54. The van der Waals surface area contributed by atoms with Crippen LogP contribution in [0.5, 0.6) is 5.75 Å². The van der Waals surface area contributed by atoms with Gasteiger partial charge >= 0.3 is 0 Å². The molecular weight excluding hydrogens is 246 g/mol. The molecule has 114 valence electrons. The van der Waals surface area contributed by atoms with E-state index in [4.69, 9.17) is 4.74 Å². The smallest absolute Gasteiger partial charge is 0.121 e. The van der Waals surface area contributed by atoms with Gasteiger partial charge in [0.1, 0.15) is 5.75 Å². The van der Waals surface area contributed by atoms with Crippen molar-refractivity contribution in [3.8, 4) is 5.75 Å². The molecule has 0 fully saturated rings. The Morgan fingerprint density at radius 3 is 2.50 bits per heavy atom. The van der Waals surface area contributed by atoms with Gasteiger partial charge in [-0.3, -0.25) is 0 Å². The fourth-order valence-electron chi connectivity index (χ4n) is 2.37. The first-order valence-electron chi connectivity index (χ1n) is 7.68. The summed E-state index contributed by atoms with van der Waals surface area (Å²) >= 11 is 0. The molecule has 0 unspecified atom stereocenters. The van der Waals surface area contributed by atoms with E-state index in [1.807, 2.05) is 0 Å². The maximum Gasteiger partial charge on any atom is 0.121 e. The SMILES string of the molecule is COc1ccc(CCC(C)(C)CNCC(C)C)cc1C. The van der Waals surface area contributed by atoms with Crippen LogP contribution in [0.25, 0.3) is 0 Å². The predicted octanol–water partition coefficient (Wildman–Crippen LogP) is 4.21. The number of methoxy groups -OCH3 is 1. The second-order valence-electron chi connectivity index (χ2n) is 6.99. The highest BCUT2D eigenvalue weighted by Crippen LogP contribution is 2.24. The van der Waals surface area contributed by atoms with E-state index < -0.39 is 0 Å². The van der Waals surface area contributed by atoms with Gasteiger partial charge in [-0.1, -0.05) is 39.8 Å². The quantitative estimate of drug-likeness (QED) is 0.768. The lowest BCUT2D eigenvalue weighted by atomic mass is 9.86. The predicted molar refractivity (Wildman–Crippen MR) is 87.5 cm³/mol. The zero-order chi connectivity index (χ0) is 15.2. The van der Waals surface area contributed by atoms with Crippen LogP contribution < -0.4 is 10.1 Å².